The van der Waals surface area contributed by atoms with Gasteiger partial charge < -0.3 is 14.7 Å². The van der Waals surface area contributed by atoms with Gasteiger partial charge in [0.2, 0.25) is 0 Å². The average molecular weight is 495 g/mol. The van der Waals surface area contributed by atoms with Gasteiger partial charge in [-0.25, -0.2) is 15.0 Å². The molecule has 0 N–H and O–H groups in total. The Hall–Kier alpha value is -3.98. The van der Waals surface area contributed by atoms with Gasteiger partial charge in [0.15, 0.2) is 5.78 Å². The largest absolute Gasteiger partial charge is 0.355 e. The van der Waals surface area contributed by atoms with Crippen LogP contribution in [0, 0.1) is 0 Å². The van der Waals surface area contributed by atoms with Crippen LogP contribution < -0.4 is 9.80 Å². The first-order valence-electron chi connectivity index (χ1n) is 12.9. The molecule has 0 atom stereocenters. The molecule has 188 valence electrons. The summed E-state index contributed by atoms with van der Waals surface area (Å²) in [5, 5.41) is 0.921. The molecule has 37 heavy (non-hydrogen) atoms. The lowest BCUT2D eigenvalue weighted by Crippen LogP contribution is -2.44. The second kappa shape index (κ2) is 10.2. The zero-order chi connectivity index (χ0) is 25.2. The number of rotatable bonds is 6. The minimum absolute atomic E-state index is 0.0185. The van der Waals surface area contributed by atoms with Crippen molar-refractivity contribution in [1.82, 2.24) is 29.8 Å². The van der Waals surface area contributed by atoms with E-state index < -0.39 is 0 Å². The minimum Gasteiger partial charge on any atom is -0.355 e. The van der Waals surface area contributed by atoms with Crippen molar-refractivity contribution in [3.8, 4) is 11.4 Å². The van der Waals surface area contributed by atoms with Crippen molar-refractivity contribution in [3.05, 3.63) is 66.4 Å². The molecule has 0 amide bonds. The van der Waals surface area contributed by atoms with Crippen molar-refractivity contribution in [3.63, 3.8) is 0 Å². The Morgan fingerprint density at radius 2 is 1.62 bits per heavy atom. The summed E-state index contributed by atoms with van der Waals surface area (Å²) in [4.78, 5) is 43.0. The molecule has 0 aliphatic carbocycles. The molecule has 0 aromatic carbocycles. The first-order valence-corrected chi connectivity index (χ1v) is 12.9. The predicted molar refractivity (Wildman–Crippen MR) is 144 cm³/mol. The molecule has 0 unspecified atom stereocenters. The highest BCUT2D eigenvalue weighted by atomic mass is 16.1. The van der Waals surface area contributed by atoms with Crippen LogP contribution in [0.2, 0.25) is 0 Å². The summed E-state index contributed by atoms with van der Waals surface area (Å²) in [5.74, 6) is 1.77. The molecule has 2 fully saturated rings. The van der Waals surface area contributed by atoms with Crippen molar-refractivity contribution in [2.75, 3.05) is 56.1 Å². The standard InChI is InChI=1S/C28H30N8O/c1-34-10-12-36(13-11-34)27-14-20(6-7-30-27)26(37)16-22-15-24-21(17-31-22)4-5-23(32-24)25-18-29-19-28(33-25)35-8-2-3-9-35/h4-7,14-15,17-19H,2-3,8-13,16H2,1H3. The smallest absolute Gasteiger partial charge is 0.169 e. The van der Waals surface area contributed by atoms with Crippen molar-refractivity contribution in [2.24, 2.45) is 0 Å². The van der Waals surface area contributed by atoms with E-state index in [-0.39, 0.29) is 12.2 Å². The van der Waals surface area contributed by atoms with Crippen LogP contribution in [0.25, 0.3) is 22.3 Å². The lowest BCUT2D eigenvalue weighted by Gasteiger charge is -2.33. The Morgan fingerprint density at radius 3 is 2.46 bits per heavy atom. The molecule has 0 spiro atoms. The number of likely N-dealkylation sites (N-methyl/N-ethyl adjacent to an activating group) is 1. The molecule has 9 nitrogen and oxygen atoms in total. The van der Waals surface area contributed by atoms with E-state index in [9.17, 15) is 4.79 Å². The van der Waals surface area contributed by atoms with Crippen LogP contribution in [0.1, 0.15) is 28.9 Å². The lowest BCUT2D eigenvalue weighted by molar-refractivity contribution is 0.0992. The fraction of sp³-hybridized carbons (Fsp3) is 0.357. The van der Waals surface area contributed by atoms with Crippen LogP contribution in [0.3, 0.4) is 0 Å². The summed E-state index contributed by atoms with van der Waals surface area (Å²) in [5.41, 5.74) is 3.64. The zero-order valence-electron chi connectivity index (χ0n) is 21.0. The molecular weight excluding hydrogens is 464 g/mol. The second-order valence-electron chi connectivity index (χ2n) is 9.81. The number of fused-ring (bicyclic) bond motifs is 1. The van der Waals surface area contributed by atoms with Crippen molar-refractivity contribution >= 4 is 28.3 Å². The average Bonchev–Trinajstić information content (AvgIpc) is 3.49. The number of ketones is 1. The summed E-state index contributed by atoms with van der Waals surface area (Å²) in [6.45, 7) is 5.83. The first-order chi connectivity index (χ1) is 18.1. The monoisotopic (exact) mass is 494 g/mol. The van der Waals surface area contributed by atoms with E-state index >= 15 is 0 Å². The highest BCUT2D eigenvalue weighted by molar-refractivity contribution is 5.98. The van der Waals surface area contributed by atoms with Crippen LogP contribution in [-0.4, -0.2) is 81.9 Å². The van der Waals surface area contributed by atoms with E-state index in [4.69, 9.17) is 9.97 Å². The number of hydrogen-bond donors (Lipinski definition) is 0. The third-order valence-corrected chi connectivity index (χ3v) is 7.18. The maximum atomic E-state index is 13.2. The second-order valence-corrected chi connectivity index (χ2v) is 9.81. The molecule has 6 heterocycles. The Morgan fingerprint density at radius 1 is 0.811 bits per heavy atom. The van der Waals surface area contributed by atoms with Crippen LogP contribution in [0.5, 0.6) is 0 Å². The zero-order valence-corrected chi connectivity index (χ0v) is 21.0. The summed E-state index contributed by atoms with van der Waals surface area (Å²) >= 11 is 0. The minimum atomic E-state index is 0.0185. The van der Waals surface area contributed by atoms with E-state index in [0.29, 0.717) is 11.3 Å². The Balaban J connectivity index is 1.21. The van der Waals surface area contributed by atoms with Crippen LogP contribution in [0.4, 0.5) is 11.6 Å². The van der Waals surface area contributed by atoms with Gasteiger partial charge >= 0.3 is 0 Å². The van der Waals surface area contributed by atoms with E-state index in [0.717, 1.165) is 73.2 Å². The fourth-order valence-electron chi connectivity index (χ4n) is 4.94. The van der Waals surface area contributed by atoms with Gasteiger partial charge in [0.05, 0.1) is 35.7 Å². The third-order valence-electron chi connectivity index (χ3n) is 7.18. The normalized spacial score (nSPS) is 16.5. The maximum absolute atomic E-state index is 13.2. The lowest BCUT2D eigenvalue weighted by atomic mass is 10.1. The highest BCUT2D eigenvalue weighted by Gasteiger charge is 2.18. The van der Waals surface area contributed by atoms with Crippen molar-refractivity contribution in [2.45, 2.75) is 19.3 Å². The van der Waals surface area contributed by atoms with E-state index in [1.165, 1.54) is 12.8 Å². The Kier molecular flexibility index (Phi) is 6.44. The van der Waals surface area contributed by atoms with Crippen LogP contribution in [-0.2, 0) is 6.42 Å². The van der Waals surface area contributed by atoms with E-state index in [1.54, 1.807) is 24.7 Å². The number of nitrogens with zero attached hydrogens (tertiary/aromatic N) is 8. The number of pyridine rings is 3. The van der Waals surface area contributed by atoms with Gasteiger partial charge in [0, 0.05) is 62.6 Å². The Bertz CT molecular complexity index is 1430. The predicted octanol–water partition coefficient (Wildman–Crippen LogP) is 3.26. The molecule has 2 aliphatic heterocycles. The summed E-state index contributed by atoms with van der Waals surface area (Å²) in [6, 6.07) is 9.52. The molecule has 0 bridgehead atoms. The molecule has 4 aromatic heterocycles. The molecule has 2 saturated heterocycles. The van der Waals surface area contributed by atoms with Crippen molar-refractivity contribution in [1.29, 1.82) is 0 Å². The van der Waals surface area contributed by atoms with Crippen molar-refractivity contribution < 1.29 is 4.79 Å². The van der Waals surface area contributed by atoms with E-state index in [1.807, 2.05) is 30.5 Å². The number of hydrogen-bond acceptors (Lipinski definition) is 9. The quantitative estimate of drug-likeness (QED) is 0.375. The summed E-state index contributed by atoms with van der Waals surface area (Å²) in [6.07, 6.45) is 9.65. The number of aromatic nitrogens is 5. The molecule has 9 heteroatoms. The summed E-state index contributed by atoms with van der Waals surface area (Å²) < 4.78 is 0. The number of anilines is 2. The maximum Gasteiger partial charge on any atom is 0.169 e. The molecule has 2 aliphatic rings. The summed E-state index contributed by atoms with van der Waals surface area (Å²) in [7, 11) is 2.12. The molecule has 0 radical (unpaired) electrons. The van der Waals surface area contributed by atoms with Gasteiger partial charge in [0.1, 0.15) is 17.3 Å². The van der Waals surface area contributed by atoms with Crippen LogP contribution >= 0.6 is 0 Å². The molecule has 6 rings (SSSR count). The Labute approximate surface area is 216 Å². The SMILES string of the molecule is CN1CCN(c2cc(C(=O)Cc3cc4nc(-c5cncc(N6CCCC6)n5)ccc4cn3)ccn2)CC1. The number of piperazine rings is 1. The highest BCUT2D eigenvalue weighted by Crippen LogP contribution is 2.23. The van der Waals surface area contributed by atoms with Gasteiger partial charge in [0.25, 0.3) is 0 Å². The fourth-order valence-corrected chi connectivity index (χ4v) is 4.94. The number of carbonyl (C=O) groups is 1. The third kappa shape index (κ3) is 5.13. The molecule has 0 saturated carbocycles. The van der Waals surface area contributed by atoms with Gasteiger partial charge in [-0.1, -0.05) is 0 Å². The topological polar surface area (TPSA) is 91.2 Å². The van der Waals surface area contributed by atoms with Gasteiger partial charge in [-0.15, -0.1) is 0 Å². The molecule has 4 aromatic rings. The van der Waals surface area contributed by atoms with Gasteiger partial charge in [-0.05, 0) is 50.2 Å². The number of carbonyl (C=O) groups excluding carboxylic acids is 1. The van der Waals surface area contributed by atoms with Crippen LogP contribution in [0.15, 0.2) is 55.1 Å². The van der Waals surface area contributed by atoms with Gasteiger partial charge in [-0.2, -0.15) is 0 Å². The molecular formula is C28H30N8O. The first kappa shape index (κ1) is 23.4. The van der Waals surface area contributed by atoms with Gasteiger partial charge in [-0.3, -0.25) is 14.8 Å². The number of Topliss-reactive ketones (excluding diaryl/α,β-unsaturated/α-hetero) is 1. The van der Waals surface area contributed by atoms with E-state index in [2.05, 4.69) is 36.7 Å².